The molecular weight excluding hydrogens is 316 g/mol. The van der Waals surface area contributed by atoms with Gasteiger partial charge in [0, 0.05) is 36.1 Å². The van der Waals surface area contributed by atoms with Gasteiger partial charge in [-0.25, -0.2) is 9.50 Å². The molecule has 2 aliphatic rings. The summed E-state index contributed by atoms with van der Waals surface area (Å²) in [6, 6.07) is 2.14. The molecule has 2 aromatic heterocycles. The fourth-order valence-electron chi connectivity index (χ4n) is 4.67. The van der Waals surface area contributed by atoms with E-state index in [-0.39, 0.29) is 17.9 Å². The summed E-state index contributed by atoms with van der Waals surface area (Å²) in [5, 5.41) is 2.88. The first-order valence-corrected chi connectivity index (χ1v) is 9.50. The van der Waals surface area contributed by atoms with Crippen LogP contribution in [0.3, 0.4) is 0 Å². The van der Waals surface area contributed by atoms with Crippen LogP contribution in [0.15, 0.2) is 17.1 Å². The lowest BCUT2D eigenvalue weighted by Crippen LogP contribution is -2.42. The summed E-state index contributed by atoms with van der Waals surface area (Å²) >= 11 is 0. The van der Waals surface area contributed by atoms with Gasteiger partial charge in [0.1, 0.15) is 0 Å². The topological polar surface area (TPSA) is 70.5 Å². The van der Waals surface area contributed by atoms with E-state index in [1.54, 1.807) is 12.3 Å². The van der Waals surface area contributed by atoms with E-state index in [2.05, 4.69) is 15.0 Å². The predicted molar refractivity (Wildman–Crippen MR) is 95.6 cm³/mol. The molecule has 6 heteroatoms. The second-order valence-corrected chi connectivity index (χ2v) is 7.51. The lowest BCUT2D eigenvalue weighted by Gasteiger charge is -2.34. The maximum absolute atomic E-state index is 13.0. The monoisotopic (exact) mass is 342 g/mol. The lowest BCUT2D eigenvalue weighted by molar-refractivity contribution is -0.132. The molecule has 1 N–H and O–H groups in total. The molecule has 0 radical (unpaired) electrons. The molecule has 25 heavy (non-hydrogen) atoms. The van der Waals surface area contributed by atoms with Crippen molar-refractivity contribution in [1.82, 2.24) is 19.5 Å². The Morgan fingerprint density at radius 3 is 2.84 bits per heavy atom. The Balaban J connectivity index is 1.56. The summed E-state index contributed by atoms with van der Waals surface area (Å²) in [6.07, 6.45) is 10.4. The number of likely N-dealkylation sites (tertiary alicyclic amines) is 1. The highest BCUT2D eigenvalue weighted by atomic mass is 16.2. The van der Waals surface area contributed by atoms with Crippen molar-refractivity contribution in [2.75, 3.05) is 6.54 Å². The van der Waals surface area contributed by atoms with Crippen LogP contribution in [0.2, 0.25) is 0 Å². The Bertz CT molecular complexity index is 832. The summed E-state index contributed by atoms with van der Waals surface area (Å²) in [4.78, 5) is 32.2. The molecule has 2 aromatic rings. The third-order valence-electron chi connectivity index (χ3n) is 5.99. The van der Waals surface area contributed by atoms with Crippen LogP contribution in [0.25, 0.3) is 5.65 Å². The number of rotatable bonds is 3. The summed E-state index contributed by atoms with van der Waals surface area (Å²) in [7, 11) is 0. The third kappa shape index (κ3) is 2.98. The van der Waals surface area contributed by atoms with Gasteiger partial charge >= 0.3 is 0 Å². The quantitative estimate of drug-likeness (QED) is 0.931. The van der Waals surface area contributed by atoms with Crippen LogP contribution in [0, 0.1) is 12.8 Å². The highest BCUT2D eigenvalue weighted by Crippen LogP contribution is 2.34. The number of aryl methyl sites for hydroxylation is 1. The van der Waals surface area contributed by atoms with Crippen LogP contribution < -0.4 is 5.56 Å². The largest absolute Gasteiger partial charge is 0.339 e. The molecule has 0 spiro atoms. The van der Waals surface area contributed by atoms with E-state index in [9.17, 15) is 9.59 Å². The Labute approximate surface area is 147 Å². The summed E-state index contributed by atoms with van der Waals surface area (Å²) < 4.78 is 1.41. The fraction of sp³-hybridized carbons (Fsp3) is 0.632. The second-order valence-electron chi connectivity index (χ2n) is 7.51. The van der Waals surface area contributed by atoms with Crippen molar-refractivity contribution in [3.63, 3.8) is 0 Å². The van der Waals surface area contributed by atoms with Crippen LogP contribution in [0.5, 0.6) is 0 Å². The Morgan fingerprint density at radius 2 is 2.04 bits per heavy atom. The molecule has 1 amide bonds. The lowest BCUT2D eigenvalue weighted by atomic mass is 9.83. The SMILES string of the molecule is Cc1nc2cc[nH]n2c(=O)c1CC(=O)N1CCCC1C1CCCCC1. The number of aromatic amines is 1. The molecular formula is C19H26N4O2. The van der Waals surface area contributed by atoms with Crippen LogP contribution in [-0.2, 0) is 11.2 Å². The van der Waals surface area contributed by atoms with Gasteiger partial charge in [0.15, 0.2) is 5.65 Å². The zero-order valence-corrected chi connectivity index (χ0v) is 14.8. The Kier molecular flexibility index (Phi) is 4.36. The van der Waals surface area contributed by atoms with E-state index in [0.29, 0.717) is 28.9 Å². The molecule has 0 aromatic carbocycles. The van der Waals surface area contributed by atoms with Crippen molar-refractivity contribution in [3.05, 3.63) is 33.9 Å². The van der Waals surface area contributed by atoms with Gasteiger partial charge in [-0.2, -0.15) is 0 Å². The smallest absolute Gasteiger partial charge is 0.276 e. The molecule has 1 unspecified atom stereocenters. The zero-order valence-electron chi connectivity index (χ0n) is 14.8. The number of hydrogen-bond acceptors (Lipinski definition) is 3. The standard InChI is InChI=1S/C19H26N4O2/c1-13-15(19(25)23-17(21-13)9-10-20-23)12-18(24)22-11-5-8-16(22)14-6-3-2-4-7-14/h9-10,14,16,20H,2-8,11-12H2,1H3. The average molecular weight is 342 g/mol. The summed E-state index contributed by atoms with van der Waals surface area (Å²) in [5.74, 6) is 0.730. The second kappa shape index (κ2) is 6.65. The number of H-pyrrole nitrogens is 1. The maximum atomic E-state index is 13.0. The maximum Gasteiger partial charge on any atom is 0.276 e. The van der Waals surface area contributed by atoms with Crippen molar-refractivity contribution in [3.8, 4) is 0 Å². The minimum absolute atomic E-state index is 0.0848. The van der Waals surface area contributed by atoms with Crippen molar-refractivity contribution < 1.29 is 4.79 Å². The van der Waals surface area contributed by atoms with Gasteiger partial charge in [-0.05, 0) is 38.5 Å². The number of aromatic nitrogens is 3. The highest BCUT2D eigenvalue weighted by Gasteiger charge is 2.35. The minimum Gasteiger partial charge on any atom is -0.339 e. The van der Waals surface area contributed by atoms with E-state index >= 15 is 0 Å². The normalized spacial score (nSPS) is 22.0. The van der Waals surface area contributed by atoms with Gasteiger partial charge in [-0.15, -0.1) is 0 Å². The number of amides is 1. The highest BCUT2D eigenvalue weighted by molar-refractivity contribution is 5.79. The molecule has 1 aliphatic heterocycles. The molecule has 134 valence electrons. The van der Waals surface area contributed by atoms with E-state index in [1.807, 2.05) is 6.92 Å². The fourth-order valence-corrected chi connectivity index (χ4v) is 4.67. The van der Waals surface area contributed by atoms with Gasteiger partial charge in [-0.3, -0.25) is 14.7 Å². The minimum atomic E-state index is -0.158. The number of nitrogens with one attached hydrogen (secondary N) is 1. The Morgan fingerprint density at radius 1 is 1.24 bits per heavy atom. The molecule has 1 saturated heterocycles. The average Bonchev–Trinajstić information content (AvgIpc) is 3.28. The number of nitrogens with zero attached hydrogens (tertiary/aromatic N) is 3. The summed E-state index contributed by atoms with van der Waals surface area (Å²) in [5.41, 5.74) is 1.61. The molecule has 3 heterocycles. The Hall–Kier alpha value is -2.11. The molecule has 1 atom stereocenters. The van der Waals surface area contributed by atoms with E-state index in [1.165, 1.54) is 36.6 Å². The van der Waals surface area contributed by atoms with Crippen LogP contribution >= 0.6 is 0 Å². The van der Waals surface area contributed by atoms with E-state index < -0.39 is 0 Å². The molecule has 0 bridgehead atoms. The first kappa shape index (κ1) is 16.4. The van der Waals surface area contributed by atoms with Gasteiger partial charge in [-0.1, -0.05) is 19.3 Å². The van der Waals surface area contributed by atoms with Gasteiger partial charge in [0.05, 0.1) is 6.42 Å². The first-order chi connectivity index (χ1) is 12.1. The van der Waals surface area contributed by atoms with Crippen molar-refractivity contribution >= 4 is 11.6 Å². The van der Waals surface area contributed by atoms with Crippen LogP contribution in [0.4, 0.5) is 0 Å². The van der Waals surface area contributed by atoms with Gasteiger partial charge in [0.25, 0.3) is 5.56 Å². The van der Waals surface area contributed by atoms with Gasteiger partial charge < -0.3 is 4.90 Å². The van der Waals surface area contributed by atoms with Crippen molar-refractivity contribution in [2.45, 2.75) is 64.3 Å². The first-order valence-electron chi connectivity index (χ1n) is 9.50. The van der Waals surface area contributed by atoms with Crippen LogP contribution in [0.1, 0.15) is 56.2 Å². The number of carbonyl (C=O) groups excluding carboxylic acids is 1. The summed E-state index contributed by atoms with van der Waals surface area (Å²) in [6.45, 7) is 2.65. The molecule has 1 aliphatic carbocycles. The van der Waals surface area contributed by atoms with Crippen molar-refractivity contribution in [1.29, 1.82) is 0 Å². The molecule has 4 rings (SSSR count). The van der Waals surface area contributed by atoms with Crippen molar-refractivity contribution in [2.24, 2.45) is 5.92 Å². The molecule has 2 fully saturated rings. The zero-order chi connectivity index (χ0) is 17.4. The molecule has 1 saturated carbocycles. The molecule has 6 nitrogen and oxygen atoms in total. The van der Waals surface area contributed by atoms with E-state index in [4.69, 9.17) is 0 Å². The van der Waals surface area contributed by atoms with E-state index in [0.717, 1.165) is 19.4 Å². The van der Waals surface area contributed by atoms with Gasteiger partial charge in [0.2, 0.25) is 5.91 Å². The number of carbonyl (C=O) groups is 1. The number of hydrogen-bond donors (Lipinski definition) is 1. The van der Waals surface area contributed by atoms with Crippen LogP contribution in [-0.4, -0.2) is 38.0 Å². The number of fused-ring (bicyclic) bond motifs is 1. The predicted octanol–water partition coefficient (Wildman–Crippen LogP) is 2.44. The third-order valence-corrected chi connectivity index (χ3v) is 5.99.